The van der Waals surface area contributed by atoms with E-state index in [0.29, 0.717) is 6.54 Å². The first-order chi connectivity index (χ1) is 11.0. The molecule has 3 rings (SSSR count). The molecular weight excluding hydrogens is 359 g/mol. The van der Waals surface area contributed by atoms with E-state index in [1.54, 1.807) is 0 Å². The third kappa shape index (κ3) is 3.20. The van der Waals surface area contributed by atoms with E-state index in [2.05, 4.69) is 5.32 Å². The van der Waals surface area contributed by atoms with Crippen molar-refractivity contribution in [1.82, 2.24) is 9.62 Å². The molecule has 0 aliphatic carbocycles. The van der Waals surface area contributed by atoms with Gasteiger partial charge in [0.2, 0.25) is 10.0 Å². The standard InChI is InChI=1S/C15H21FN2O4S.ClH/c1-21-13-7-12(16)15(8-14(13)22-2)23(19,20)18-10-3-4-11(18)9-17-6-5-10;/h7-8,10-11,17H,3-6,9H2,1-2H3;1H. The fraction of sp³-hybridized carbons (Fsp3) is 0.600. The van der Waals surface area contributed by atoms with Crippen molar-refractivity contribution < 1.29 is 22.3 Å². The highest BCUT2D eigenvalue weighted by Crippen LogP contribution is 2.38. The molecule has 2 aliphatic rings. The molecular formula is C15H22ClFN2O4S. The van der Waals surface area contributed by atoms with Crippen LogP contribution in [0.3, 0.4) is 0 Å². The van der Waals surface area contributed by atoms with Crippen molar-refractivity contribution in [2.24, 2.45) is 0 Å². The number of rotatable bonds is 4. The number of hydrogen-bond acceptors (Lipinski definition) is 5. The van der Waals surface area contributed by atoms with Crippen LogP contribution in [-0.2, 0) is 10.0 Å². The van der Waals surface area contributed by atoms with Crippen LogP contribution in [0.4, 0.5) is 4.39 Å². The molecule has 1 N–H and O–H groups in total. The van der Waals surface area contributed by atoms with Gasteiger partial charge in [-0.3, -0.25) is 0 Å². The number of sulfonamides is 1. The van der Waals surface area contributed by atoms with Gasteiger partial charge in [-0.15, -0.1) is 12.4 Å². The molecule has 0 aromatic heterocycles. The second kappa shape index (κ2) is 7.43. The summed E-state index contributed by atoms with van der Waals surface area (Å²) in [5.74, 6) is -0.448. The fourth-order valence-corrected chi connectivity index (χ4v) is 5.44. The Hall–Kier alpha value is -1.09. The third-order valence-electron chi connectivity index (χ3n) is 4.58. The lowest BCUT2D eigenvalue weighted by molar-refractivity contribution is 0.330. The summed E-state index contributed by atoms with van der Waals surface area (Å²) in [6.45, 7) is 1.38. The Morgan fingerprint density at radius 3 is 2.42 bits per heavy atom. The summed E-state index contributed by atoms with van der Waals surface area (Å²) >= 11 is 0. The normalized spacial score (nSPS) is 24.1. The van der Waals surface area contributed by atoms with Crippen LogP contribution in [0.15, 0.2) is 17.0 Å². The smallest absolute Gasteiger partial charge is 0.246 e. The van der Waals surface area contributed by atoms with Crippen molar-refractivity contribution in [2.45, 2.75) is 36.2 Å². The van der Waals surface area contributed by atoms with Crippen LogP contribution in [0.25, 0.3) is 0 Å². The van der Waals surface area contributed by atoms with E-state index in [4.69, 9.17) is 9.47 Å². The lowest BCUT2D eigenvalue weighted by atomic mass is 10.1. The van der Waals surface area contributed by atoms with Crippen LogP contribution >= 0.6 is 12.4 Å². The number of nitrogens with zero attached hydrogens (tertiary/aromatic N) is 1. The van der Waals surface area contributed by atoms with Crippen molar-refractivity contribution in [2.75, 3.05) is 27.3 Å². The van der Waals surface area contributed by atoms with Gasteiger partial charge in [0.15, 0.2) is 11.5 Å². The molecule has 0 radical (unpaired) electrons. The number of methoxy groups -OCH3 is 2. The summed E-state index contributed by atoms with van der Waals surface area (Å²) in [6, 6.07) is 2.07. The number of ether oxygens (including phenoxy) is 2. The van der Waals surface area contributed by atoms with Gasteiger partial charge in [-0.05, 0) is 25.8 Å². The maximum atomic E-state index is 14.4. The molecule has 0 amide bonds. The average Bonchev–Trinajstić information content (AvgIpc) is 2.80. The molecule has 2 fully saturated rings. The van der Waals surface area contributed by atoms with E-state index in [-0.39, 0.29) is 40.9 Å². The molecule has 0 spiro atoms. The third-order valence-corrected chi connectivity index (χ3v) is 6.60. The summed E-state index contributed by atoms with van der Waals surface area (Å²) in [4.78, 5) is -0.353. The molecule has 2 heterocycles. The Morgan fingerprint density at radius 1 is 1.12 bits per heavy atom. The summed E-state index contributed by atoms with van der Waals surface area (Å²) in [5, 5.41) is 3.24. The van der Waals surface area contributed by atoms with Crippen molar-refractivity contribution in [3.8, 4) is 11.5 Å². The van der Waals surface area contributed by atoms with E-state index in [1.807, 2.05) is 0 Å². The fourth-order valence-electron chi connectivity index (χ4n) is 3.48. The highest BCUT2D eigenvalue weighted by Gasteiger charge is 2.44. The number of fused-ring (bicyclic) bond motifs is 2. The summed E-state index contributed by atoms with van der Waals surface area (Å²) in [6.07, 6.45) is 2.36. The van der Waals surface area contributed by atoms with Gasteiger partial charge in [0.25, 0.3) is 0 Å². The molecule has 2 aliphatic heterocycles. The number of halogens is 2. The van der Waals surface area contributed by atoms with Gasteiger partial charge in [-0.2, -0.15) is 4.31 Å². The lowest BCUT2D eigenvalue weighted by Crippen LogP contribution is -2.42. The Labute approximate surface area is 147 Å². The van der Waals surface area contributed by atoms with E-state index in [1.165, 1.54) is 24.6 Å². The zero-order chi connectivity index (χ0) is 16.6. The van der Waals surface area contributed by atoms with Crippen molar-refractivity contribution in [3.63, 3.8) is 0 Å². The maximum absolute atomic E-state index is 14.4. The largest absolute Gasteiger partial charge is 0.493 e. The molecule has 1 aromatic carbocycles. The van der Waals surface area contributed by atoms with Crippen molar-refractivity contribution in [1.29, 1.82) is 0 Å². The van der Waals surface area contributed by atoms with E-state index in [0.717, 1.165) is 31.9 Å². The van der Waals surface area contributed by atoms with Gasteiger partial charge in [0.1, 0.15) is 10.7 Å². The Balaban J connectivity index is 0.00000208. The Bertz CT molecular complexity index is 687. The minimum Gasteiger partial charge on any atom is -0.493 e. The van der Waals surface area contributed by atoms with Crippen LogP contribution in [0, 0.1) is 5.82 Å². The number of hydrogen-bond donors (Lipinski definition) is 1. The Morgan fingerprint density at radius 2 is 1.75 bits per heavy atom. The average molecular weight is 381 g/mol. The lowest BCUT2D eigenvalue weighted by Gasteiger charge is -2.27. The summed E-state index contributed by atoms with van der Waals surface area (Å²) in [5.41, 5.74) is 0. The van der Waals surface area contributed by atoms with Crippen LogP contribution in [0.1, 0.15) is 19.3 Å². The quantitative estimate of drug-likeness (QED) is 0.862. The summed E-state index contributed by atoms with van der Waals surface area (Å²) < 4.78 is 52.2. The first kappa shape index (κ1) is 19.2. The topological polar surface area (TPSA) is 67.9 Å². The van der Waals surface area contributed by atoms with Crippen LogP contribution in [-0.4, -0.2) is 52.1 Å². The second-order valence-electron chi connectivity index (χ2n) is 5.85. The van der Waals surface area contributed by atoms with Crippen LogP contribution < -0.4 is 14.8 Å². The highest BCUT2D eigenvalue weighted by atomic mass is 35.5. The molecule has 9 heteroatoms. The molecule has 0 saturated carbocycles. The first-order valence-electron chi connectivity index (χ1n) is 7.64. The number of nitrogens with one attached hydrogen (secondary N) is 1. The Kier molecular flexibility index (Phi) is 5.95. The molecule has 6 nitrogen and oxygen atoms in total. The monoisotopic (exact) mass is 380 g/mol. The molecule has 1 aromatic rings. The zero-order valence-corrected chi connectivity index (χ0v) is 15.3. The predicted octanol–water partition coefficient (Wildman–Crippen LogP) is 1.78. The minimum atomic E-state index is -3.93. The van der Waals surface area contributed by atoms with Crippen molar-refractivity contribution >= 4 is 22.4 Å². The van der Waals surface area contributed by atoms with Gasteiger partial charge >= 0.3 is 0 Å². The van der Waals surface area contributed by atoms with Gasteiger partial charge in [0, 0.05) is 30.8 Å². The molecule has 2 saturated heterocycles. The van der Waals surface area contributed by atoms with Gasteiger partial charge in [0.05, 0.1) is 14.2 Å². The van der Waals surface area contributed by atoms with Crippen molar-refractivity contribution in [3.05, 3.63) is 17.9 Å². The minimum absolute atomic E-state index is 0. The molecule has 2 bridgehead atoms. The molecule has 2 atom stereocenters. The molecule has 24 heavy (non-hydrogen) atoms. The second-order valence-corrected chi connectivity index (χ2v) is 7.66. The van der Waals surface area contributed by atoms with Gasteiger partial charge in [-0.25, -0.2) is 12.8 Å². The van der Waals surface area contributed by atoms with Crippen LogP contribution in [0.5, 0.6) is 11.5 Å². The highest BCUT2D eigenvalue weighted by molar-refractivity contribution is 7.89. The predicted molar refractivity (Wildman–Crippen MR) is 90.1 cm³/mol. The number of benzene rings is 1. The van der Waals surface area contributed by atoms with E-state index >= 15 is 0 Å². The van der Waals surface area contributed by atoms with Gasteiger partial charge < -0.3 is 14.8 Å². The first-order valence-corrected chi connectivity index (χ1v) is 9.09. The molecule has 2 unspecified atom stereocenters. The van der Waals surface area contributed by atoms with E-state index in [9.17, 15) is 12.8 Å². The van der Waals surface area contributed by atoms with Crippen LogP contribution in [0.2, 0.25) is 0 Å². The molecule has 136 valence electrons. The SMILES string of the molecule is COc1cc(F)c(S(=O)(=O)N2C3CCNCC2CC3)cc1OC.Cl. The zero-order valence-electron chi connectivity index (χ0n) is 13.6. The summed E-state index contributed by atoms with van der Waals surface area (Å²) in [7, 11) is -1.15. The van der Waals surface area contributed by atoms with Gasteiger partial charge in [-0.1, -0.05) is 0 Å². The maximum Gasteiger partial charge on any atom is 0.246 e. The van der Waals surface area contributed by atoms with E-state index < -0.39 is 15.8 Å².